The van der Waals surface area contributed by atoms with E-state index in [-0.39, 0.29) is 16.8 Å². The van der Waals surface area contributed by atoms with E-state index in [1.165, 1.54) is 30.3 Å². The number of urea groups is 1. The van der Waals surface area contributed by atoms with E-state index in [0.717, 1.165) is 24.7 Å². The molecule has 1 unspecified atom stereocenters. The fraction of sp³-hybridized carbons (Fsp3) is 0.217. The molecule has 1 aliphatic rings. The van der Waals surface area contributed by atoms with Crippen molar-refractivity contribution < 1.29 is 40.7 Å². The summed E-state index contributed by atoms with van der Waals surface area (Å²) in [5.74, 6) is -1.79. The molecule has 194 valence electrons. The van der Waals surface area contributed by atoms with Gasteiger partial charge < -0.3 is 15.2 Å². The predicted octanol–water partition coefficient (Wildman–Crippen LogP) is 3.60. The van der Waals surface area contributed by atoms with Crippen molar-refractivity contribution in [3.05, 3.63) is 77.9 Å². The van der Waals surface area contributed by atoms with Crippen molar-refractivity contribution in [3.63, 3.8) is 0 Å². The number of carbonyl (C=O) groups is 3. The lowest BCUT2D eigenvalue weighted by atomic mass is 9.94. The Morgan fingerprint density at radius 3 is 2.27 bits per heavy atom. The van der Waals surface area contributed by atoms with Crippen LogP contribution in [0, 0.1) is 0 Å². The average Bonchev–Trinajstić information content (AvgIpc) is 3.39. The van der Waals surface area contributed by atoms with Crippen molar-refractivity contribution in [3.8, 4) is 11.1 Å². The molecule has 1 aliphatic heterocycles. The van der Waals surface area contributed by atoms with Gasteiger partial charge in [-0.1, -0.05) is 30.3 Å². The number of nitrogens with zero attached hydrogens (tertiary/aromatic N) is 2. The van der Waals surface area contributed by atoms with Crippen LogP contribution in [0.2, 0.25) is 0 Å². The van der Waals surface area contributed by atoms with E-state index in [9.17, 15) is 40.7 Å². The fourth-order valence-electron chi connectivity index (χ4n) is 3.96. The first-order chi connectivity index (χ1) is 17.3. The standard InChI is InChI=1S/C23H17F6N5O3/c24-22(25,26)11-34-12-30-9-17(34)21(19(36)32-20(37)33-21)10-31-18(35)16-4-2-1-3-15(16)13-5-7-14(8-6-13)23(27,28)29/h1-9,12H,10-11H2,(H,31,35)(H2,32,33,36,37). The molecule has 2 heterocycles. The van der Waals surface area contributed by atoms with E-state index in [1.807, 2.05) is 5.32 Å². The van der Waals surface area contributed by atoms with Gasteiger partial charge in [0.1, 0.15) is 6.54 Å². The zero-order valence-electron chi connectivity index (χ0n) is 18.6. The summed E-state index contributed by atoms with van der Waals surface area (Å²) in [6, 6.07) is 9.06. The van der Waals surface area contributed by atoms with Gasteiger partial charge in [0.25, 0.3) is 11.8 Å². The Morgan fingerprint density at radius 1 is 1.00 bits per heavy atom. The van der Waals surface area contributed by atoms with Crippen molar-refractivity contribution in [1.82, 2.24) is 25.5 Å². The Kier molecular flexibility index (Phi) is 6.44. The highest BCUT2D eigenvalue weighted by atomic mass is 19.4. The van der Waals surface area contributed by atoms with Gasteiger partial charge in [-0.2, -0.15) is 26.3 Å². The maximum absolute atomic E-state index is 13.1. The first-order valence-corrected chi connectivity index (χ1v) is 10.6. The number of aromatic nitrogens is 2. The molecule has 4 rings (SSSR count). The monoisotopic (exact) mass is 525 g/mol. The molecule has 37 heavy (non-hydrogen) atoms. The van der Waals surface area contributed by atoms with Crippen molar-refractivity contribution in [2.24, 2.45) is 0 Å². The Bertz CT molecular complexity index is 1350. The van der Waals surface area contributed by atoms with Crippen LogP contribution < -0.4 is 16.0 Å². The number of nitrogens with one attached hydrogen (secondary N) is 3. The number of carbonyl (C=O) groups excluding carboxylic acids is 3. The van der Waals surface area contributed by atoms with Gasteiger partial charge in [0.05, 0.1) is 30.3 Å². The largest absolute Gasteiger partial charge is 0.416 e. The third-order valence-corrected chi connectivity index (χ3v) is 5.65. The van der Waals surface area contributed by atoms with Gasteiger partial charge in [0, 0.05) is 5.56 Å². The molecule has 8 nitrogen and oxygen atoms in total. The number of hydrogen-bond acceptors (Lipinski definition) is 4. The number of alkyl halides is 6. The van der Waals surface area contributed by atoms with Crippen molar-refractivity contribution in [2.75, 3.05) is 6.54 Å². The highest BCUT2D eigenvalue weighted by Crippen LogP contribution is 2.32. The van der Waals surface area contributed by atoms with Crippen molar-refractivity contribution in [1.29, 1.82) is 0 Å². The van der Waals surface area contributed by atoms with E-state index < -0.39 is 54.4 Å². The lowest BCUT2D eigenvalue weighted by Gasteiger charge is -2.28. The second kappa shape index (κ2) is 9.26. The Hall–Kier alpha value is -4.36. The highest BCUT2D eigenvalue weighted by Gasteiger charge is 2.51. The fourth-order valence-corrected chi connectivity index (χ4v) is 3.96. The number of imidazole rings is 1. The lowest BCUT2D eigenvalue weighted by Crippen LogP contribution is -2.53. The van der Waals surface area contributed by atoms with Crippen LogP contribution in [0.3, 0.4) is 0 Å². The maximum Gasteiger partial charge on any atom is 0.416 e. The lowest BCUT2D eigenvalue weighted by molar-refractivity contribution is -0.142. The van der Waals surface area contributed by atoms with Gasteiger partial charge in [-0.25, -0.2) is 9.78 Å². The zero-order chi connectivity index (χ0) is 27.0. The maximum atomic E-state index is 13.1. The number of amides is 4. The first-order valence-electron chi connectivity index (χ1n) is 10.6. The molecule has 1 aromatic heterocycles. The molecule has 4 amide bonds. The van der Waals surface area contributed by atoms with Crippen LogP contribution in [0.15, 0.2) is 61.1 Å². The SMILES string of the molecule is O=C1NC(=O)C(CNC(=O)c2ccccc2-c2ccc(C(F)(F)F)cc2)(c2cncn2CC(F)(F)F)N1. The molecule has 0 spiro atoms. The zero-order valence-corrected chi connectivity index (χ0v) is 18.6. The Balaban J connectivity index is 1.63. The number of benzene rings is 2. The van der Waals surface area contributed by atoms with Crippen LogP contribution in [-0.2, 0) is 23.1 Å². The van der Waals surface area contributed by atoms with Crippen LogP contribution in [0.4, 0.5) is 31.1 Å². The van der Waals surface area contributed by atoms with Crippen LogP contribution in [0.25, 0.3) is 11.1 Å². The smallest absolute Gasteiger partial charge is 0.349 e. The molecular formula is C23H17F6N5O3. The van der Waals surface area contributed by atoms with Crippen LogP contribution >= 0.6 is 0 Å². The number of hydrogen-bond donors (Lipinski definition) is 3. The summed E-state index contributed by atoms with van der Waals surface area (Å²) in [5.41, 5.74) is -2.71. The minimum Gasteiger partial charge on any atom is -0.349 e. The Morgan fingerprint density at radius 2 is 1.68 bits per heavy atom. The molecule has 0 saturated carbocycles. The topological polar surface area (TPSA) is 105 Å². The minimum absolute atomic E-state index is 0.0194. The summed E-state index contributed by atoms with van der Waals surface area (Å²) < 4.78 is 78.5. The van der Waals surface area contributed by atoms with Gasteiger partial charge in [-0.15, -0.1) is 0 Å². The summed E-state index contributed by atoms with van der Waals surface area (Å²) in [7, 11) is 0. The summed E-state index contributed by atoms with van der Waals surface area (Å²) >= 11 is 0. The molecule has 0 aliphatic carbocycles. The number of rotatable bonds is 6. The molecule has 1 fully saturated rings. The summed E-state index contributed by atoms with van der Waals surface area (Å²) in [6.07, 6.45) is -7.41. The minimum atomic E-state index is -4.67. The first kappa shape index (κ1) is 25.7. The molecular weight excluding hydrogens is 508 g/mol. The van der Waals surface area contributed by atoms with E-state index >= 15 is 0 Å². The van der Waals surface area contributed by atoms with Gasteiger partial charge in [-0.05, 0) is 29.3 Å². The third-order valence-electron chi connectivity index (χ3n) is 5.65. The second-order valence-electron chi connectivity index (χ2n) is 8.14. The number of imide groups is 1. The number of halogens is 6. The quantitative estimate of drug-likeness (QED) is 0.338. The molecule has 2 aromatic carbocycles. The summed E-state index contributed by atoms with van der Waals surface area (Å²) in [4.78, 5) is 41.4. The van der Waals surface area contributed by atoms with Gasteiger partial charge in [0.2, 0.25) is 0 Å². The van der Waals surface area contributed by atoms with Crippen LogP contribution in [0.5, 0.6) is 0 Å². The van der Waals surface area contributed by atoms with Gasteiger partial charge >= 0.3 is 18.4 Å². The molecule has 0 radical (unpaired) electrons. The van der Waals surface area contributed by atoms with Crippen molar-refractivity contribution >= 4 is 17.8 Å². The molecule has 3 aromatic rings. The van der Waals surface area contributed by atoms with E-state index in [4.69, 9.17) is 0 Å². The summed E-state index contributed by atoms with van der Waals surface area (Å²) in [5, 5.41) is 6.66. The van der Waals surface area contributed by atoms with E-state index in [1.54, 1.807) is 6.07 Å². The molecule has 1 saturated heterocycles. The highest BCUT2D eigenvalue weighted by molar-refractivity contribution is 6.08. The molecule has 14 heteroatoms. The molecule has 1 atom stereocenters. The third kappa shape index (κ3) is 5.27. The average molecular weight is 525 g/mol. The van der Waals surface area contributed by atoms with Crippen LogP contribution in [0.1, 0.15) is 21.6 Å². The van der Waals surface area contributed by atoms with E-state index in [0.29, 0.717) is 10.1 Å². The summed E-state index contributed by atoms with van der Waals surface area (Å²) in [6.45, 7) is -2.15. The molecule has 3 N–H and O–H groups in total. The second-order valence-corrected chi connectivity index (χ2v) is 8.14. The van der Waals surface area contributed by atoms with Gasteiger partial charge in [0.15, 0.2) is 5.54 Å². The molecule has 0 bridgehead atoms. The van der Waals surface area contributed by atoms with Gasteiger partial charge in [-0.3, -0.25) is 14.9 Å². The Labute approximate surface area is 204 Å². The normalized spacial score (nSPS) is 17.9. The van der Waals surface area contributed by atoms with Crippen LogP contribution in [-0.4, -0.2) is 40.1 Å². The predicted molar refractivity (Wildman–Crippen MR) is 116 cm³/mol. The van der Waals surface area contributed by atoms with Crippen molar-refractivity contribution in [2.45, 2.75) is 24.4 Å². The van der Waals surface area contributed by atoms with E-state index in [2.05, 4.69) is 15.6 Å².